The molecule has 0 amide bonds. The Morgan fingerprint density at radius 1 is 1.14 bits per heavy atom. The second-order valence-electron chi connectivity index (χ2n) is 4.77. The first-order chi connectivity index (χ1) is 10.7. The third-order valence-electron chi connectivity index (χ3n) is 3.42. The van der Waals surface area contributed by atoms with Crippen molar-refractivity contribution in [3.8, 4) is 28.6 Å². The summed E-state index contributed by atoms with van der Waals surface area (Å²) in [5.41, 5.74) is 0.859. The summed E-state index contributed by atoms with van der Waals surface area (Å²) in [5.74, 6) is 2.50. The molecule has 0 aliphatic heterocycles. The predicted octanol–water partition coefficient (Wildman–Crippen LogP) is 3.43. The van der Waals surface area contributed by atoms with Crippen molar-refractivity contribution in [2.45, 2.75) is 26.3 Å². The van der Waals surface area contributed by atoms with Gasteiger partial charge in [-0.3, -0.25) is 5.10 Å². The standard InChI is InChI=1S/C15H21N3O3S/c1-5-6-7-18-14(16-17-15(18)22)10-8-11(19-2)13(21-4)12(9-10)20-3/h8-9H,5-7H2,1-4H3,(H,17,22). The van der Waals surface area contributed by atoms with E-state index in [-0.39, 0.29) is 0 Å². The summed E-state index contributed by atoms with van der Waals surface area (Å²) in [5, 5.41) is 7.19. The number of H-pyrrole nitrogens is 1. The van der Waals surface area contributed by atoms with Crippen molar-refractivity contribution < 1.29 is 14.2 Å². The van der Waals surface area contributed by atoms with E-state index in [2.05, 4.69) is 17.1 Å². The van der Waals surface area contributed by atoms with Crippen LogP contribution in [0.5, 0.6) is 17.2 Å². The average Bonchev–Trinajstić information content (AvgIpc) is 2.92. The van der Waals surface area contributed by atoms with Gasteiger partial charge in [0, 0.05) is 12.1 Å². The van der Waals surface area contributed by atoms with Crippen LogP contribution in [0.3, 0.4) is 0 Å². The zero-order valence-electron chi connectivity index (χ0n) is 13.3. The van der Waals surface area contributed by atoms with Gasteiger partial charge in [0.25, 0.3) is 0 Å². The molecule has 2 aromatic rings. The molecule has 22 heavy (non-hydrogen) atoms. The summed E-state index contributed by atoms with van der Waals surface area (Å²) >= 11 is 5.31. The summed E-state index contributed by atoms with van der Waals surface area (Å²) in [6, 6.07) is 3.74. The molecule has 2 rings (SSSR count). The van der Waals surface area contributed by atoms with E-state index in [1.54, 1.807) is 21.3 Å². The van der Waals surface area contributed by atoms with Crippen molar-refractivity contribution >= 4 is 12.2 Å². The van der Waals surface area contributed by atoms with Crippen molar-refractivity contribution in [3.05, 3.63) is 16.9 Å². The van der Waals surface area contributed by atoms with Crippen LogP contribution in [0.25, 0.3) is 11.4 Å². The molecule has 0 aliphatic rings. The minimum absolute atomic E-state index is 0.558. The number of methoxy groups -OCH3 is 3. The van der Waals surface area contributed by atoms with E-state index < -0.39 is 0 Å². The number of aromatic nitrogens is 3. The summed E-state index contributed by atoms with van der Waals surface area (Å²) < 4.78 is 18.7. The molecule has 6 nitrogen and oxygen atoms in total. The second kappa shape index (κ2) is 7.31. The highest BCUT2D eigenvalue weighted by molar-refractivity contribution is 7.71. The normalized spacial score (nSPS) is 10.5. The maximum atomic E-state index is 5.39. The van der Waals surface area contributed by atoms with E-state index in [4.69, 9.17) is 26.4 Å². The van der Waals surface area contributed by atoms with Crippen LogP contribution in [0.2, 0.25) is 0 Å². The molecule has 7 heteroatoms. The largest absolute Gasteiger partial charge is 0.493 e. The molecule has 0 spiro atoms. The topological polar surface area (TPSA) is 61.3 Å². The quantitative estimate of drug-likeness (QED) is 0.791. The van der Waals surface area contributed by atoms with Gasteiger partial charge in [0.1, 0.15) is 0 Å². The molecule has 1 aromatic heterocycles. The van der Waals surface area contributed by atoms with Crippen LogP contribution < -0.4 is 14.2 Å². The fourth-order valence-electron chi connectivity index (χ4n) is 2.27. The van der Waals surface area contributed by atoms with E-state index in [1.807, 2.05) is 16.7 Å². The fourth-order valence-corrected chi connectivity index (χ4v) is 2.50. The zero-order chi connectivity index (χ0) is 16.1. The molecule has 1 heterocycles. The maximum Gasteiger partial charge on any atom is 0.203 e. The van der Waals surface area contributed by atoms with Gasteiger partial charge in [0.2, 0.25) is 5.75 Å². The van der Waals surface area contributed by atoms with Crippen molar-refractivity contribution in [1.82, 2.24) is 14.8 Å². The van der Waals surface area contributed by atoms with Gasteiger partial charge in [-0.25, -0.2) is 0 Å². The first kappa shape index (κ1) is 16.4. The lowest BCUT2D eigenvalue weighted by Gasteiger charge is -2.14. The van der Waals surface area contributed by atoms with Crippen LogP contribution in [0, 0.1) is 4.77 Å². The van der Waals surface area contributed by atoms with Gasteiger partial charge in [-0.05, 0) is 30.8 Å². The molecule has 0 radical (unpaired) electrons. The molecule has 0 atom stereocenters. The highest BCUT2D eigenvalue weighted by atomic mass is 32.1. The first-order valence-corrected chi connectivity index (χ1v) is 7.52. The molecular weight excluding hydrogens is 302 g/mol. The van der Waals surface area contributed by atoms with Crippen molar-refractivity contribution in [2.75, 3.05) is 21.3 Å². The Morgan fingerprint density at radius 2 is 1.77 bits per heavy atom. The SMILES string of the molecule is CCCCn1c(-c2cc(OC)c(OC)c(OC)c2)n[nH]c1=S. The van der Waals surface area contributed by atoms with E-state index in [9.17, 15) is 0 Å². The molecule has 0 saturated carbocycles. The Bertz CT molecular complexity index is 669. The highest BCUT2D eigenvalue weighted by Crippen LogP contribution is 2.40. The van der Waals surface area contributed by atoms with Gasteiger partial charge in [-0.1, -0.05) is 13.3 Å². The van der Waals surface area contributed by atoms with E-state index in [1.165, 1.54) is 0 Å². The molecule has 0 aliphatic carbocycles. The van der Waals surface area contributed by atoms with E-state index in [0.29, 0.717) is 22.0 Å². The van der Waals surface area contributed by atoms with Crippen molar-refractivity contribution in [1.29, 1.82) is 0 Å². The van der Waals surface area contributed by atoms with Gasteiger partial charge < -0.3 is 18.8 Å². The average molecular weight is 323 g/mol. The number of hydrogen-bond donors (Lipinski definition) is 1. The van der Waals surface area contributed by atoms with E-state index in [0.717, 1.165) is 30.8 Å². The zero-order valence-corrected chi connectivity index (χ0v) is 14.1. The molecule has 1 N–H and O–H groups in total. The Balaban J connectivity index is 2.56. The number of unbranched alkanes of at least 4 members (excludes halogenated alkanes) is 1. The number of rotatable bonds is 7. The van der Waals surface area contributed by atoms with Crippen LogP contribution in [0.4, 0.5) is 0 Å². The Hall–Kier alpha value is -2.02. The number of nitrogens with zero attached hydrogens (tertiary/aromatic N) is 2. The Morgan fingerprint density at radius 3 is 2.27 bits per heavy atom. The molecule has 1 aromatic carbocycles. The van der Waals surface area contributed by atoms with Crippen LogP contribution in [-0.2, 0) is 6.54 Å². The van der Waals surface area contributed by atoms with Crippen LogP contribution in [-0.4, -0.2) is 36.1 Å². The summed E-state index contributed by atoms with van der Waals surface area (Å²) in [7, 11) is 4.77. The summed E-state index contributed by atoms with van der Waals surface area (Å²) in [6.07, 6.45) is 2.12. The summed E-state index contributed by atoms with van der Waals surface area (Å²) in [6.45, 7) is 2.96. The van der Waals surface area contributed by atoms with Crippen molar-refractivity contribution in [3.63, 3.8) is 0 Å². The van der Waals surface area contributed by atoms with Crippen LogP contribution in [0.15, 0.2) is 12.1 Å². The minimum atomic E-state index is 0.558. The number of nitrogens with one attached hydrogen (secondary N) is 1. The number of ether oxygens (including phenoxy) is 3. The van der Waals surface area contributed by atoms with E-state index >= 15 is 0 Å². The molecule has 0 unspecified atom stereocenters. The lowest BCUT2D eigenvalue weighted by molar-refractivity contribution is 0.324. The monoisotopic (exact) mass is 323 g/mol. The summed E-state index contributed by atoms with van der Waals surface area (Å²) in [4.78, 5) is 0. The maximum absolute atomic E-state index is 5.39. The smallest absolute Gasteiger partial charge is 0.203 e. The Labute approximate surface area is 135 Å². The molecule has 120 valence electrons. The lowest BCUT2D eigenvalue weighted by atomic mass is 10.1. The third-order valence-corrected chi connectivity index (χ3v) is 3.73. The lowest BCUT2D eigenvalue weighted by Crippen LogP contribution is -2.02. The third kappa shape index (κ3) is 3.09. The molecular formula is C15H21N3O3S. The second-order valence-corrected chi connectivity index (χ2v) is 5.16. The van der Waals surface area contributed by atoms with Gasteiger partial charge >= 0.3 is 0 Å². The number of hydrogen-bond acceptors (Lipinski definition) is 5. The van der Waals surface area contributed by atoms with Crippen LogP contribution in [0.1, 0.15) is 19.8 Å². The van der Waals surface area contributed by atoms with Gasteiger partial charge in [-0.15, -0.1) is 0 Å². The number of aromatic amines is 1. The Kier molecular flexibility index (Phi) is 5.43. The first-order valence-electron chi connectivity index (χ1n) is 7.11. The molecule has 0 saturated heterocycles. The van der Waals surface area contributed by atoms with Gasteiger partial charge in [0.05, 0.1) is 21.3 Å². The van der Waals surface area contributed by atoms with Gasteiger partial charge in [0.15, 0.2) is 22.1 Å². The van der Waals surface area contributed by atoms with Crippen molar-refractivity contribution in [2.24, 2.45) is 0 Å². The minimum Gasteiger partial charge on any atom is -0.493 e. The molecule has 0 bridgehead atoms. The number of benzene rings is 1. The predicted molar refractivity (Wildman–Crippen MR) is 87.4 cm³/mol. The van der Waals surface area contributed by atoms with Crippen LogP contribution >= 0.6 is 12.2 Å². The highest BCUT2D eigenvalue weighted by Gasteiger charge is 2.17. The fraction of sp³-hybridized carbons (Fsp3) is 0.467. The van der Waals surface area contributed by atoms with Gasteiger partial charge in [-0.2, -0.15) is 5.10 Å². The molecule has 0 fully saturated rings.